The Balaban J connectivity index is 1.12. The molecule has 0 saturated heterocycles. The average Bonchev–Trinajstić information content (AvgIpc) is 3.64. The Bertz CT molecular complexity index is 3070. The van der Waals surface area contributed by atoms with Gasteiger partial charge in [-0.2, -0.15) is 0 Å². The molecule has 0 spiro atoms. The second-order valence-corrected chi connectivity index (χ2v) is 13.9. The lowest BCUT2D eigenvalue weighted by Crippen LogP contribution is -2.10. The number of hydrogen-bond acceptors (Lipinski definition) is 1. The van der Waals surface area contributed by atoms with E-state index in [0.29, 0.717) is 5.56 Å². The fourth-order valence-corrected chi connectivity index (χ4v) is 7.72. The Morgan fingerprint density at radius 3 is 1.34 bits per heavy atom. The largest absolute Gasteiger partial charge is 0.310 e. The van der Waals surface area contributed by atoms with Crippen molar-refractivity contribution in [3.8, 4) is 50.2 Å². The first-order chi connectivity index (χ1) is 29.4. The van der Waals surface area contributed by atoms with E-state index in [9.17, 15) is 5.48 Å². The zero-order valence-corrected chi connectivity index (χ0v) is 30.5. The van der Waals surface area contributed by atoms with Crippen LogP contribution in [0.3, 0.4) is 0 Å². The van der Waals surface area contributed by atoms with Gasteiger partial charge in [-0.1, -0.05) is 164 Å². The van der Waals surface area contributed by atoms with Gasteiger partial charge >= 0.3 is 0 Å². The molecule has 0 atom stereocenters. The van der Waals surface area contributed by atoms with Crippen LogP contribution in [0.1, 0.15) is 5.48 Å². The standard InChI is InChI=1S/C54H38N2/c1-4-14-39(15-5-1)42-26-33-48(34-27-42)56-53-25-11-10-24-51(53)52-38-46(30-35-54(52)56)43-28-31-47(32-29-43)55(49-22-12-20-44(36-49)40-16-6-2-7-17-40)50-23-13-21-45(37-50)41-18-8-3-9-19-41/h1-38H/i28D,29D,31D,32D. The summed E-state index contributed by atoms with van der Waals surface area (Å²) in [5, 5.41) is 2.00. The van der Waals surface area contributed by atoms with Gasteiger partial charge in [0.2, 0.25) is 0 Å². The van der Waals surface area contributed by atoms with E-state index in [-0.39, 0.29) is 35.4 Å². The van der Waals surface area contributed by atoms with E-state index in [1.165, 1.54) is 0 Å². The van der Waals surface area contributed by atoms with Crippen molar-refractivity contribution < 1.29 is 5.48 Å². The third-order valence-electron chi connectivity index (χ3n) is 10.5. The van der Waals surface area contributed by atoms with Crippen LogP contribution in [0, 0.1) is 0 Å². The van der Waals surface area contributed by atoms with Gasteiger partial charge in [-0.05, 0) is 111 Å². The van der Waals surface area contributed by atoms with Crippen LogP contribution in [0.25, 0.3) is 72.0 Å². The molecule has 2 nitrogen and oxygen atoms in total. The molecule has 0 bridgehead atoms. The van der Waals surface area contributed by atoms with Gasteiger partial charge in [-0.15, -0.1) is 0 Å². The first kappa shape index (κ1) is 29.0. The SMILES string of the molecule is [2H]c1c([2H])c(N(c2cccc(-c3ccccc3)c2)c2cccc(-c3ccccc3)c2)c([2H])c([2H])c1-c1ccc2c(c1)c1ccccc1n2-c1ccc(-c2ccccc2)cc1. The summed E-state index contributed by atoms with van der Waals surface area (Å²) in [6.07, 6.45) is 0. The topological polar surface area (TPSA) is 8.17 Å². The van der Waals surface area contributed by atoms with Crippen molar-refractivity contribution in [1.29, 1.82) is 0 Å². The second kappa shape index (κ2) is 14.4. The van der Waals surface area contributed by atoms with Gasteiger partial charge in [0.25, 0.3) is 0 Å². The Labute approximate surface area is 333 Å². The summed E-state index contributed by atoms with van der Waals surface area (Å²) in [6, 6.07) is 68.9. The van der Waals surface area contributed by atoms with E-state index >= 15 is 0 Å². The molecule has 264 valence electrons. The molecule has 2 heteroatoms. The van der Waals surface area contributed by atoms with Crippen molar-refractivity contribution in [2.45, 2.75) is 0 Å². The number of hydrogen-bond donors (Lipinski definition) is 0. The molecule has 0 N–H and O–H groups in total. The minimum atomic E-state index is -0.123. The van der Waals surface area contributed by atoms with Crippen LogP contribution in [0.2, 0.25) is 0 Å². The lowest BCUT2D eigenvalue weighted by atomic mass is 10.0. The smallest absolute Gasteiger partial charge is 0.0645 e. The molecule has 9 aromatic carbocycles. The van der Waals surface area contributed by atoms with Crippen LogP contribution < -0.4 is 4.90 Å². The highest BCUT2D eigenvalue weighted by atomic mass is 15.1. The summed E-state index contributed by atoms with van der Waals surface area (Å²) in [6.45, 7) is 0. The van der Waals surface area contributed by atoms with Crippen molar-refractivity contribution in [2.75, 3.05) is 4.90 Å². The highest BCUT2D eigenvalue weighted by Gasteiger charge is 2.17. The van der Waals surface area contributed by atoms with Gasteiger partial charge in [0.05, 0.1) is 16.5 Å². The maximum absolute atomic E-state index is 9.64. The van der Waals surface area contributed by atoms with E-state index < -0.39 is 0 Å². The molecule has 1 heterocycles. The molecule has 0 aliphatic rings. The number of para-hydroxylation sites is 1. The molecule has 10 aromatic rings. The lowest BCUT2D eigenvalue weighted by Gasteiger charge is -2.27. The number of rotatable bonds is 8. The summed E-state index contributed by atoms with van der Waals surface area (Å²) < 4.78 is 40.6. The van der Waals surface area contributed by atoms with Crippen LogP contribution in [-0.2, 0) is 0 Å². The third-order valence-corrected chi connectivity index (χ3v) is 10.5. The van der Waals surface area contributed by atoms with Crippen molar-refractivity contribution in [3.63, 3.8) is 0 Å². The molecule has 0 amide bonds. The maximum Gasteiger partial charge on any atom is 0.0645 e. The summed E-state index contributed by atoms with van der Waals surface area (Å²) in [4.78, 5) is 1.86. The molecule has 0 aliphatic heterocycles. The molecule has 0 aliphatic carbocycles. The zero-order valence-electron chi connectivity index (χ0n) is 34.5. The van der Waals surface area contributed by atoms with Crippen LogP contribution in [0.4, 0.5) is 17.1 Å². The molecular formula is C54H38N2. The Morgan fingerprint density at radius 1 is 0.304 bits per heavy atom. The number of benzene rings is 9. The first-order valence-electron chi connectivity index (χ1n) is 20.9. The fraction of sp³-hybridized carbons (Fsp3) is 0. The number of nitrogens with zero attached hydrogens (tertiary/aromatic N) is 2. The van der Waals surface area contributed by atoms with Crippen LogP contribution in [-0.4, -0.2) is 4.57 Å². The number of aromatic nitrogens is 1. The molecular weight excluding hydrogens is 677 g/mol. The van der Waals surface area contributed by atoms with Gasteiger partial charge in [0, 0.05) is 33.5 Å². The van der Waals surface area contributed by atoms with Gasteiger partial charge in [0.15, 0.2) is 0 Å². The number of anilines is 3. The molecule has 0 unspecified atom stereocenters. The lowest BCUT2D eigenvalue weighted by molar-refractivity contribution is 1.18. The first-order valence-corrected chi connectivity index (χ1v) is 18.9. The van der Waals surface area contributed by atoms with Crippen molar-refractivity contribution in [2.24, 2.45) is 0 Å². The maximum atomic E-state index is 9.64. The van der Waals surface area contributed by atoms with Gasteiger partial charge < -0.3 is 9.47 Å². The monoisotopic (exact) mass is 718 g/mol. The Hall–Kier alpha value is -7.42. The van der Waals surface area contributed by atoms with Gasteiger partial charge in [-0.25, -0.2) is 0 Å². The highest BCUT2D eigenvalue weighted by Crippen LogP contribution is 2.40. The van der Waals surface area contributed by atoms with E-state index in [1.807, 2.05) is 138 Å². The Kier molecular flexibility index (Phi) is 7.47. The summed E-state index contributed by atoms with van der Waals surface area (Å²) >= 11 is 0. The van der Waals surface area contributed by atoms with Crippen LogP contribution in [0.5, 0.6) is 0 Å². The van der Waals surface area contributed by atoms with E-state index in [2.05, 4.69) is 77.4 Å². The molecule has 0 fully saturated rings. The summed E-state index contributed by atoms with van der Waals surface area (Å²) in [5.74, 6) is 0. The highest BCUT2D eigenvalue weighted by molar-refractivity contribution is 6.10. The minimum Gasteiger partial charge on any atom is -0.310 e. The summed E-state index contributed by atoms with van der Waals surface area (Å²) in [5.41, 5.74) is 11.9. The molecule has 0 radical (unpaired) electrons. The third kappa shape index (κ3) is 6.24. The minimum absolute atomic E-state index is 0.103. The number of fused-ring (bicyclic) bond motifs is 3. The van der Waals surface area contributed by atoms with Crippen molar-refractivity contribution in [3.05, 3.63) is 230 Å². The van der Waals surface area contributed by atoms with E-state index in [1.54, 1.807) is 0 Å². The molecule has 56 heavy (non-hydrogen) atoms. The quantitative estimate of drug-likeness (QED) is 0.152. The van der Waals surface area contributed by atoms with Gasteiger partial charge in [-0.3, -0.25) is 0 Å². The predicted molar refractivity (Wildman–Crippen MR) is 237 cm³/mol. The molecule has 1 aromatic heterocycles. The fourth-order valence-electron chi connectivity index (χ4n) is 7.72. The normalized spacial score (nSPS) is 12.2. The second-order valence-electron chi connectivity index (χ2n) is 13.9. The Morgan fingerprint density at radius 2 is 0.750 bits per heavy atom. The van der Waals surface area contributed by atoms with Crippen molar-refractivity contribution >= 4 is 38.9 Å². The van der Waals surface area contributed by atoms with Crippen LogP contribution >= 0.6 is 0 Å². The average molecular weight is 719 g/mol. The van der Waals surface area contributed by atoms with E-state index in [0.717, 1.165) is 72.2 Å². The molecule has 0 saturated carbocycles. The van der Waals surface area contributed by atoms with E-state index in [4.69, 9.17) is 0 Å². The van der Waals surface area contributed by atoms with Gasteiger partial charge in [0.1, 0.15) is 0 Å². The molecule has 10 rings (SSSR count). The predicted octanol–water partition coefficient (Wildman–Crippen LogP) is 14.9. The van der Waals surface area contributed by atoms with Crippen LogP contribution in [0.15, 0.2) is 230 Å². The van der Waals surface area contributed by atoms with Crippen molar-refractivity contribution in [1.82, 2.24) is 4.57 Å². The summed E-state index contributed by atoms with van der Waals surface area (Å²) in [7, 11) is 0. The zero-order chi connectivity index (χ0) is 40.7.